The van der Waals surface area contributed by atoms with Crippen molar-refractivity contribution in [1.29, 1.82) is 0 Å². The fourth-order valence-corrected chi connectivity index (χ4v) is 4.26. The van der Waals surface area contributed by atoms with Gasteiger partial charge in [-0.2, -0.15) is 0 Å². The maximum atomic E-state index is 12.6. The van der Waals surface area contributed by atoms with Crippen molar-refractivity contribution in [2.75, 3.05) is 46.9 Å². The first-order chi connectivity index (χ1) is 15.5. The van der Waals surface area contributed by atoms with Gasteiger partial charge in [0.1, 0.15) is 6.54 Å². The second kappa shape index (κ2) is 11.6. The zero-order valence-electron chi connectivity index (χ0n) is 18.8. The van der Waals surface area contributed by atoms with Crippen LogP contribution in [0.25, 0.3) is 10.8 Å². The van der Waals surface area contributed by atoms with Crippen LogP contribution in [0.2, 0.25) is 0 Å². The van der Waals surface area contributed by atoms with Gasteiger partial charge in [-0.25, -0.2) is 0 Å². The number of nitrogens with one attached hydrogen (secondary N) is 2. The number of likely N-dealkylation sites (N-methyl/N-ethyl adjacent to an activating group) is 1. The third-order valence-corrected chi connectivity index (χ3v) is 5.79. The number of hydrogen-bond acceptors (Lipinski definition) is 6. The van der Waals surface area contributed by atoms with E-state index in [9.17, 15) is 14.4 Å². The lowest BCUT2D eigenvalue weighted by Crippen LogP contribution is -2.48. The average Bonchev–Trinajstić information content (AvgIpc) is 3.26. The number of fused-ring (bicyclic) bond motifs is 1. The maximum absolute atomic E-state index is 12.6. The molecule has 0 spiro atoms. The fourth-order valence-electron chi connectivity index (χ4n) is 4.26. The van der Waals surface area contributed by atoms with E-state index < -0.39 is 5.97 Å². The molecule has 0 unspecified atom stereocenters. The first-order valence-corrected chi connectivity index (χ1v) is 11.0. The van der Waals surface area contributed by atoms with Crippen LogP contribution < -0.4 is 10.6 Å². The van der Waals surface area contributed by atoms with E-state index in [0.29, 0.717) is 19.6 Å². The number of ether oxygens (including phenoxy) is 1. The molecule has 3 rings (SSSR count). The molecule has 8 heteroatoms. The van der Waals surface area contributed by atoms with Crippen LogP contribution in [0.15, 0.2) is 42.5 Å². The number of benzene rings is 2. The molecule has 1 heterocycles. The Bertz CT molecular complexity index is 943. The molecule has 0 radical (unpaired) electrons. The molecule has 0 bridgehead atoms. The van der Waals surface area contributed by atoms with Gasteiger partial charge in [-0.15, -0.1) is 0 Å². The van der Waals surface area contributed by atoms with E-state index in [0.717, 1.165) is 35.7 Å². The third kappa shape index (κ3) is 6.27. The zero-order chi connectivity index (χ0) is 22.9. The van der Waals surface area contributed by atoms with Gasteiger partial charge in [-0.3, -0.25) is 19.3 Å². The Morgan fingerprint density at radius 2 is 1.91 bits per heavy atom. The highest BCUT2D eigenvalue weighted by Gasteiger charge is 2.30. The molecular weight excluding hydrogens is 408 g/mol. The van der Waals surface area contributed by atoms with Crippen molar-refractivity contribution < 1.29 is 19.1 Å². The number of nitrogens with zero attached hydrogens (tertiary/aromatic N) is 2. The topological polar surface area (TPSA) is 91.0 Å². The summed E-state index contributed by atoms with van der Waals surface area (Å²) in [7, 11) is 3.06. The van der Waals surface area contributed by atoms with Crippen molar-refractivity contribution >= 4 is 28.6 Å². The van der Waals surface area contributed by atoms with Crippen LogP contribution in [-0.2, 0) is 25.7 Å². The largest absolute Gasteiger partial charge is 0.468 e. The van der Waals surface area contributed by atoms with Crippen molar-refractivity contribution in [3.8, 4) is 0 Å². The maximum Gasteiger partial charge on any atom is 0.325 e. The number of methoxy groups -OCH3 is 1. The van der Waals surface area contributed by atoms with E-state index in [1.54, 1.807) is 7.05 Å². The number of carbonyl (C=O) groups is 3. The Morgan fingerprint density at radius 3 is 2.69 bits per heavy atom. The van der Waals surface area contributed by atoms with Gasteiger partial charge in [0, 0.05) is 25.7 Å². The predicted molar refractivity (Wildman–Crippen MR) is 123 cm³/mol. The normalized spacial score (nSPS) is 15.8. The SMILES string of the molecule is CNCC(=O)N1CCC[C@H]1CN(CC(=O)NCC(=O)OC)Cc1cccc2ccccc12. The van der Waals surface area contributed by atoms with E-state index >= 15 is 0 Å². The summed E-state index contributed by atoms with van der Waals surface area (Å²) in [6.45, 7) is 2.17. The van der Waals surface area contributed by atoms with E-state index in [1.807, 2.05) is 23.1 Å². The first kappa shape index (κ1) is 23.7. The molecular formula is C24H32N4O4. The molecule has 32 heavy (non-hydrogen) atoms. The minimum Gasteiger partial charge on any atom is -0.468 e. The summed E-state index contributed by atoms with van der Waals surface area (Å²) in [5, 5.41) is 7.84. The number of esters is 1. The molecule has 1 fully saturated rings. The highest BCUT2D eigenvalue weighted by atomic mass is 16.5. The quantitative estimate of drug-likeness (QED) is 0.539. The Morgan fingerprint density at radius 1 is 1.12 bits per heavy atom. The van der Waals surface area contributed by atoms with Crippen molar-refractivity contribution in [2.45, 2.75) is 25.4 Å². The molecule has 0 saturated carbocycles. The average molecular weight is 441 g/mol. The monoisotopic (exact) mass is 440 g/mol. The lowest BCUT2D eigenvalue weighted by atomic mass is 10.0. The van der Waals surface area contributed by atoms with Crippen LogP contribution in [0.3, 0.4) is 0 Å². The van der Waals surface area contributed by atoms with Crippen molar-refractivity contribution in [2.24, 2.45) is 0 Å². The minimum atomic E-state index is -0.487. The van der Waals surface area contributed by atoms with E-state index in [-0.39, 0.29) is 30.9 Å². The molecule has 1 atom stereocenters. The number of hydrogen-bond donors (Lipinski definition) is 2. The number of rotatable bonds is 10. The van der Waals surface area contributed by atoms with Crippen LogP contribution in [0.4, 0.5) is 0 Å². The van der Waals surface area contributed by atoms with Crippen LogP contribution in [0.5, 0.6) is 0 Å². The van der Waals surface area contributed by atoms with E-state index in [1.165, 1.54) is 7.11 Å². The second-order valence-corrected chi connectivity index (χ2v) is 8.07. The van der Waals surface area contributed by atoms with Gasteiger partial charge in [-0.05, 0) is 36.2 Å². The van der Waals surface area contributed by atoms with Crippen LogP contribution in [0, 0.1) is 0 Å². The standard InChI is InChI=1S/C24H32N4O4/c1-25-13-23(30)28-12-6-10-20(28)16-27(17-22(29)26-14-24(31)32-2)15-19-9-5-8-18-7-3-4-11-21(18)19/h3-5,7-9,11,20,25H,6,10,12-17H2,1-2H3,(H,26,29)/t20-/m0/s1. The highest BCUT2D eigenvalue weighted by molar-refractivity contribution is 5.86. The van der Waals surface area contributed by atoms with E-state index in [4.69, 9.17) is 0 Å². The second-order valence-electron chi connectivity index (χ2n) is 8.07. The minimum absolute atomic E-state index is 0.0548. The zero-order valence-corrected chi connectivity index (χ0v) is 18.8. The lowest BCUT2D eigenvalue weighted by Gasteiger charge is -2.31. The van der Waals surface area contributed by atoms with Gasteiger partial charge >= 0.3 is 5.97 Å². The van der Waals surface area contributed by atoms with Crippen LogP contribution in [-0.4, -0.2) is 80.5 Å². The third-order valence-electron chi connectivity index (χ3n) is 5.79. The lowest BCUT2D eigenvalue weighted by molar-refractivity contribution is -0.141. The van der Waals surface area contributed by atoms with Gasteiger partial charge < -0.3 is 20.3 Å². The molecule has 0 aromatic heterocycles. The molecule has 8 nitrogen and oxygen atoms in total. The number of carbonyl (C=O) groups excluding carboxylic acids is 3. The van der Waals surface area contributed by atoms with Gasteiger partial charge in [0.25, 0.3) is 0 Å². The molecule has 172 valence electrons. The van der Waals surface area contributed by atoms with Crippen molar-refractivity contribution in [1.82, 2.24) is 20.4 Å². The van der Waals surface area contributed by atoms with Gasteiger partial charge in [-0.1, -0.05) is 42.5 Å². The van der Waals surface area contributed by atoms with Gasteiger partial charge in [0.2, 0.25) is 11.8 Å². The fraction of sp³-hybridized carbons (Fsp3) is 0.458. The predicted octanol–water partition coefficient (Wildman–Crippen LogP) is 1.14. The summed E-state index contributed by atoms with van der Waals surface area (Å²) in [6, 6.07) is 14.4. The summed E-state index contributed by atoms with van der Waals surface area (Å²) in [4.78, 5) is 40.5. The Balaban J connectivity index is 1.76. The molecule has 2 aromatic rings. The first-order valence-electron chi connectivity index (χ1n) is 11.0. The molecule has 2 aromatic carbocycles. The summed E-state index contributed by atoms with van der Waals surface area (Å²) in [5.74, 6) is -0.657. The van der Waals surface area contributed by atoms with Gasteiger partial charge in [0.05, 0.1) is 20.2 Å². The highest BCUT2D eigenvalue weighted by Crippen LogP contribution is 2.22. The van der Waals surface area contributed by atoms with Crippen LogP contribution in [0.1, 0.15) is 18.4 Å². The molecule has 1 aliphatic rings. The Kier molecular flexibility index (Phi) is 8.58. The molecule has 0 aliphatic carbocycles. The Hall–Kier alpha value is -2.97. The number of amides is 2. The summed E-state index contributed by atoms with van der Waals surface area (Å²) in [6.07, 6.45) is 1.86. The molecule has 2 N–H and O–H groups in total. The summed E-state index contributed by atoms with van der Waals surface area (Å²) >= 11 is 0. The van der Waals surface area contributed by atoms with E-state index in [2.05, 4.69) is 44.5 Å². The van der Waals surface area contributed by atoms with Gasteiger partial charge in [0.15, 0.2) is 0 Å². The van der Waals surface area contributed by atoms with Crippen molar-refractivity contribution in [3.63, 3.8) is 0 Å². The smallest absolute Gasteiger partial charge is 0.325 e. The van der Waals surface area contributed by atoms with Crippen molar-refractivity contribution in [3.05, 3.63) is 48.0 Å². The molecule has 1 saturated heterocycles. The van der Waals surface area contributed by atoms with Crippen LogP contribution >= 0.6 is 0 Å². The molecule has 1 aliphatic heterocycles. The number of likely N-dealkylation sites (tertiary alicyclic amines) is 1. The molecule has 2 amide bonds. The summed E-state index contributed by atoms with van der Waals surface area (Å²) in [5.41, 5.74) is 1.12. The Labute approximate surface area is 188 Å². The summed E-state index contributed by atoms with van der Waals surface area (Å²) < 4.78 is 4.60.